The van der Waals surface area contributed by atoms with Gasteiger partial charge in [-0.1, -0.05) is 26.0 Å². The van der Waals surface area contributed by atoms with Crippen LogP contribution in [0, 0.1) is 11.3 Å². The summed E-state index contributed by atoms with van der Waals surface area (Å²) in [5, 5.41) is 10.7. The van der Waals surface area contributed by atoms with Crippen molar-refractivity contribution in [2.45, 2.75) is 27.3 Å². The van der Waals surface area contributed by atoms with E-state index >= 15 is 0 Å². The van der Waals surface area contributed by atoms with Crippen LogP contribution in [0.25, 0.3) is 22.2 Å². The molecule has 0 amide bonds. The number of rotatable bonds is 8. The van der Waals surface area contributed by atoms with Crippen molar-refractivity contribution in [2.75, 3.05) is 24.9 Å². The Morgan fingerprint density at radius 2 is 1.87 bits per heavy atom. The third-order valence-corrected chi connectivity index (χ3v) is 6.82. The Kier molecular flexibility index (Phi) is 6.34. The van der Waals surface area contributed by atoms with Gasteiger partial charge in [-0.2, -0.15) is 18.0 Å². The molecule has 158 valence electrons. The molecule has 0 atom stereocenters. The Hall–Kier alpha value is -3.02. The summed E-state index contributed by atoms with van der Waals surface area (Å²) in [4.78, 5) is 0. The number of aryl methyl sites for hydroxylation is 1. The molecule has 0 fully saturated rings. The van der Waals surface area contributed by atoms with Crippen molar-refractivity contribution < 1.29 is 13.2 Å². The molecule has 30 heavy (non-hydrogen) atoms. The van der Waals surface area contributed by atoms with Gasteiger partial charge in [0.15, 0.2) is 0 Å². The lowest BCUT2D eigenvalue weighted by Gasteiger charge is -2.19. The first kappa shape index (κ1) is 21.7. The number of hydrogen-bond acceptors (Lipinski definition) is 4. The highest BCUT2D eigenvalue weighted by atomic mass is 32.2. The standard InChI is InChI=1S/C22H26N4O3S/c1-5-25(6-2)30(27,28)24-17-10-8-9-16(13-17)22-20(15-23)19-12-11-18(29-4)14-21(19)26(22)7-3/h8-14,24H,5-7H2,1-4H3. The molecule has 0 spiro atoms. The fraction of sp³-hybridized carbons (Fsp3) is 0.318. The van der Waals surface area contributed by atoms with Crippen LogP contribution in [0.3, 0.4) is 0 Å². The minimum Gasteiger partial charge on any atom is -0.497 e. The van der Waals surface area contributed by atoms with Crippen molar-refractivity contribution >= 4 is 26.8 Å². The van der Waals surface area contributed by atoms with Gasteiger partial charge in [0.2, 0.25) is 0 Å². The molecule has 1 aromatic heterocycles. The van der Waals surface area contributed by atoms with Crippen LogP contribution >= 0.6 is 0 Å². The zero-order valence-electron chi connectivity index (χ0n) is 17.6. The molecule has 3 rings (SSSR count). The van der Waals surface area contributed by atoms with Crippen LogP contribution in [0.4, 0.5) is 5.69 Å². The Bertz CT molecular complexity index is 1210. The molecular weight excluding hydrogens is 400 g/mol. The lowest BCUT2D eigenvalue weighted by atomic mass is 10.1. The fourth-order valence-electron chi connectivity index (χ4n) is 3.70. The van der Waals surface area contributed by atoms with E-state index < -0.39 is 10.2 Å². The van der Waals surface area contributed by atoms with Crippen LogP contribution in [0.15, 0.2) is 42.5 Å². The SMILES string of the molecule is CCN(CC)S(=O)(=O)Nc1cccc(-c2c(C#N)c3ccc(OC)cc3n2CC)c1. The summed E-state index contributed by atoms with van der Waals surface area (Å²) in [6.07, 6.45) is 0. The molecule has 2 aromatic carbocycles. The molecule has 7 nitrogen and oxygen atoms in total. The highest BCUT2D eigenvalue weighted by molar-refractivity contribution is 7.90. The largest absolute Gasteiger partial charge is 0.497 e. The maximum absolute atomic E-state index is 12.6. The van der Waals surface area contributed by atoms with Gasteiger partial charge >= 0.3 is 10.2 Å². The summed E-state index contributed by atoms with van der Waals surface area (Å²) in [6, 6.07) is 15.1. The van der Waals surface area contributed by atoms with E-state index in [1.54, 1.807) is 39.2 Å². The van der Waals surface area contributed by atoms with Crippen molar-refractivity contribution in [3.8, 4) is 23.1 Å². The van der Waals surface area contributed by atoms with Gasteiger partial charge in [0.05, 0.1) is 29.6 Å². The molecule has 3 aromatic rings. The molecule has 0 unspecified atom stereocenters. The topological polar surface area (TPSA) is 87.4 Å². The number of ether oxygens (including phenoxy) is 1. The zero-order chi connectivity index (χ0) is 21.9. The number of methoxy groups -OCH3 is 1. The molecule has 0 saturated carbocycles. The maximum Gasteiger partial charge on any atom is 0.301 e. The average Bonchev–Trinajstić information content (AvgIpc) is 3.06. The average molecular weight is 427 g/mol. The second-order valence-corrected chi connectivity index (χ2v) is 8.41. The van der Waals surface area contributed by atoms with Crippen molar-refractivity contribution in [1.29, 1.82) is 5.26 Å². The molecule has 0 aliphatic heterocycles. The molecule has 0 saturated heterocycles. The molecule has 0 aliphatic carbocycles. The highest BCUT2D eigenvalue weighted by Crippen LogP contribution is 2.36. The number of fused-ring (bicyclic) bond motifs is 1. The molecule has 1 heterocycles. The number of benzene rings is 2. The molecule has 0 aliphatic rings. The number of aromatic nitrogens is 1. The van der Waals surface area contributed by atoms with Gasteiger partial charge in [0.1, 0.15) is 11.8 Å². The Balaban J connectivity index is 2.15. The Morgan fingerprint density at radius 3 is 2.47 bits per heavy atom. The maximum atomic E-state index is 12.6. The number of anilines is 1. The summed E-state index contributed by atoms with van der Waals surface area (Å²) in [6.45, 7) is 7.03. The fourth-order valence-corrected chi connectivity index (χ4v) is 4.94. The van der Waals surface area contributed by atoms with E-state index in [4.69, 9.17) is 4.74 Å². The summed E-state index contributed by atoms with van der Waals surface area (Å²) in [7, 11) is -2.04. The van der Waals surface area contributed by atoms with Gasteiger partial charge in [0, 0.05) is 36.7 Å². The van der Waals surface area contributed by atoms with Gasteiger partial charge in [-0.3, -0.25) is 4.72 Å². The second-order valence-electron chi connectivity index (χ2n) is 6.73. The first-order chi connectivity index (χ1) is 14.4. The van der Waals surface area contributed by atoms with E-state index in [0.717, 1.165) is 22.2 Å². The van der Waals surface area contributed by atoms with Crippen LogP contribution < -0.4 is 9.46 Å². The molecule has 0 bridgehead atoms. The first-order valence-electron chi connectivity index (χ1n) is 9.88. The smallest absolute Gasteiger partial charge is 0.301 e. The lowest BCUT2D eigenvalue weighted by molar-refractivity contribution is 0.415. The van der Waals surface area contributed by atoms with Crippen LogP contribution in [0.5, 0.6) is 5.75 Å². The van der Waals surface area contributed by atoms with E-state index in [0.29, 0.717) is 36.6 Å². The molecule has 1 N–H and O–H groups in total. The summed E-state index contributed by atoms with van der Waals surface area (Å²) in [5.41, 5.74) is 3.43. The number of nitrogens with zero attached hydrogens (tertiary/aromatic N) is 3. The van der Waals surface area contributed by atoms with E-state index in [-0.39, 0.29) is 0 Å². The van der Waals surface area contributed by atoms with Gasteiger partial charge in [-0.25, -0.2) is 0 Å². The number of nitriles is 1. The quantitative estimate of drug-likeness (QED) is 0.585. The van der Waals surface area contributed by atoms with E-state index in [2.05, 4.69) is 15.4 Å². The van der Waals surface area contributed by atoms with E-state index in [1.807, 2.05) is 31.2 Å². The third-order valence-electron chi connectivity index (χ3n) is 5.13. The molecule has 0 radical (unpaired) electrons. The molecule has 8 heteroatoms. The minimum absolute atomic E-state index is 0.385. The van der Waals surface area contributed by atoms with Gasteiger partial charge in [-0.15, -0.1) is 0 Å². The van der Waals surface area contributed by atoms with Crippen molar-refractivity contribution in [1.82, 2.24) is 8.87 Å². The Morgan fingerprint density at radius 1 is 1.13 bits per heavy atom. The second kappa shape index (κ2) is 8.78. The van der Waals surface area contributed by atoms with Gasteiger partial charge in [-0.05, 0) is 31.2 Å². The van der Waals surface area contributed by atoms with E-state index in [9.17, 15) is 13.7 Å². The van der Waals surface area contributed by atoms with Crippen LogP contribution in [0.2, 0.25) is 0 Å². The third kappa shape index (κ3) is 3.86. The van der Waals surface area contributed by atoms with Gasteiger partial charge < -0.3 is 9.30 Å². The van der Waals surface area contributed by atoms with Crippen LogP contribution in [-0.4, -0.2) is 37.5 Å². The minimum atomic E-state index is -3.64. The summed E-state index contributed by atoms with van der Waals surface area (Å²) >= 11 is 0. The summed E-state index contributed by atoms with van der Waals surface area (Å²) < 4.78 is 36.6. The van der Waals surface area contributed by atoms with Crippen LogP contribution in [-0.2, 0) is 16.8 Å². The lowest BCUT2D eigenvalue weighted by Crippen LogP contribution is -2.35. The van der Waals surface area contributed by atoms with Gasteiger partial charge in [0.25, 0.3) is 0 Å². The predicted octanol–water partition coefficient (Wildman–Crippen LogP) is 4.21. The monoisotopic (exact) mass is 426 g/mol. The zero-order valence-corrected chi connectivity index (χ0v) is 18.5. The predicted molar refractivity (Wildman–Crippen MR) is 120 cm³/mol. The normalized spacial score (nSPS) is 11.6. The number of nitrogens with one attached hydrogen (secondary N) is 1. The first-order valence-corrected chi connectivity index (χ1v) is 11.3. The van der Waals surface area contributed by atoms with Crippen molar-refractivity contribution in [3.63, 3.8) is 0 Å². The number of hydrogen-bond donors (Lipinski definition) is 1. The van der Waals surface area contributed by atoms with Crippen molar-refractivity contribution in [3.05, 3.63) is 48.0 Å². The van der Waals surface area contributed by atoms with Crippen LogP contribution in [0.1, 0.15) is 26.3 Å². The van der Waals surface area contributed by atoms with E-state index in [1.165, 1.54) is 4.31 Å². The Labute approximate surface area is 177 Å². The summed E-state index contributed by atoms with van der Waals surface area (Å²) in [5.74, 6) is 0.714. The highest BCUT2D eigenvalue weighted by Gasteiger charge is 2.21. The molecular formula is C22H26N4O3S. The van der Waals surface area contributed by atoms with Crippen molar-refractivity contribution in [2.24, 2.45) is 0 Å².